The Morgan fingerprint density at radius 1 is 0.144 bits per heavy atom. The van der Waals surface area contributed by atoms with Gasteiger partial charge in [-0.25, -0.2) is 0 Å². The van der Waals surface area contributed by atoms with Crippen molar-refractivity contribution < 1.29 is 0 Å². The number of rotatable bonds is 7. The molecule has 0 spiro atoms. The second-order valence-corrected chi connectivity index (χ2v) is 28.6. The molecule has 0 radical (unpaired) electrons. The van der Waals surface area contributed by atoms with E-state index in [0.717, 1.165) is 22.5 Å². The lowest BCUT2D eigenvalue weighted by molar-refractivity contribution is 1.18. The molecule has 18 aromatic carbocycles. The summed E-state index contributed by atoms with van der Waals surface area (Å²) < 4.78 is 9.99. The van der Waals surface area contributed by atoms with Gasteiger partial charge in [0.05, 0.1) is 55.5 Å². The minimum Gasteiger partial charge on any atom is -0.309 e. The van der Waals surface area contributed by atoms with Crippen molar-refractivity contribution in [3.05, 3.63) is 352 Å². The molecule has 4 nitrogen and oxygen atoms in total. The van der Waals surface area contributed by atoms with E-state index in [1.807, 2.05) is 0 Å². The third kappa shape index (κ3) is 7.64. The Hall–Kier alpha value is -13.8. The third-order valence-corrected chi connectivity index (χ3v) is 23.4. The van der Waals surface area contributed by atoms with E-state index in [1.54, 1.807) is 0 Å². The first-order valence-corrected chi connectivity index (χ1v) is 36.1. The van der Waals surface area contributed by atoms with Crippen molar-refractivity contribution in [2.45, 2.75) is 0 Å². The Morgan fingerprint density at radius 3 is 1.10 bits per heavy atom. The van der Waals surface area contributed by atoms with Gasteiger partial charge in [-0.2, -0.15) is 0 Å². The maximum absolute atomic E-state index is 2.57. The summed E-state index contributed by atoms with van der Waals surface area (Å²) >= 11 is 0. The topological polar surface area (TPSA) is 19.7 Å². The van der Waals surface area contributed by atoms with Crippen molar-refractivity contribution in [3.8, 4) is 101 Å². The van der Waals surface area contributed by atoms with Crippen LogP contribution in [0.5, 0.6) is 0 Å². The largest absolute Gasteiger partial charge is 0.309 e. The lowest BCUT2D eigenvalue weighted by atomic mass is 9.93. The van der Waals surface area contributed by atoms with E-state index >= 15 is 0 Å². The fraction of sp³-hybridized carbons (Fsp3) is 0. The molecule has 2 aliphatic carbocycles. The monoisotopic (exact) mass is 1310 g/mol. The van der Waals surface area contributed by atoms with Gasteiger partial charge in [-0.15, -0.1) is 0 Å². The van der Waals surface area contributed by atoms with Gasteiger partial charge in [0.1, 0.15) is 0 Å². The summed E-state index contributed by atoms with van der Waals surface area (Å²) in [6.07, 6.45) is 0. The Bertz CT molecular complexity index is 7520. The molecule has 4 heterocycles. The average Bonchev–Trinajstić information content (AvgIpc) is 1.55. The molecular formula is C100H58N4. The first kappa shape index (κ1) is 56.0. The van der Waals surface area contributed by atoms with Crippen molar-refractivity contribution in [1.82, 2.24) is 18.3 Å². The van der Waals surface area contributed by atoms with Gasteiger partial charge >= 0.3 is 0 Å². The highest BCUT2D eigenvalue weighted by atomic mass is 15.0. The maximum Gasteiger partial charge on any atom is 0.0553 e. The van der Waals surface area contributed by atoms with Gasteiger partial charge in [0.15, 0.2) is 0 Å². The van der Waals surface area contributed by atoms with Crippen LogP contribution < -0.4 is 0 Å². The van der Waals surface area contributed by atoms with Gasteiger partial charge in [0.2, 0.25) is 0 Å². The summed E-state index contributed by atoms with van der Waals surface area (Å²) in [5.74, 6) is 0. The molecule has 0 saturated carbocycles. The third-order valence-electron chi connectivity index (χ3n) is 23.4. The standard InChI is InChI=1S/C100H58N4/c1-3-21-66(22-4-1)101-91-45-38-63(54-85(91)86-51-59-19-7-8-20-60(59)56-96(86)101)61-40-47-93-84(53-61)74-42-37-65(57-95(74)104(93)90-50-44-79-71-28-12-10-26-69(71)76-33-18-35-81(90)99(76)79)82-58-97-100(77-31-14-13-29-72(77)82)87-55-64(41-48-94(87)102(97)67-23-5-2-6-24-67)62-39-46-92-83(52-62)73-30-15-16-36-88(73)103(92)89-49-43-78-70-27-11-9-25-68(70)75-32-17-34-80(89)98(75)78/h1-58H. The zero-order chi connectivity index (χ0) is 67.6. The fourth-order valence-electron chi connectivity index (χ4n) is 18.9. The van der Waals surface area contributed by atoms with Crippen LogP contribution in [-0.4, -0.2) is 18.3 Å². The number of hydrogen-bond donors (Lipinski definition) is 0. The van der Waals surface area contributed by atoms with E-state index in [0.29, 0.717) is 0 Å². The van der Waals surface area contributed by atoms with Crippen molar-refractivity contribution in [2.24, 2.45) is 0 Å². The fourth-order valence-corrected chi connectivity index (χ4v) is 18.9. The maximum atomic E-state index is 2.57. The average molecular weight is 1320 g/mol. The van der Waals surface area contributed by atoms with Gasteiger partial charge in [0.25, 0.3) is 0 Å². The number of nitrogens with zero attached hydrogens (tertiary/aromatic N) is 4. The summed E-state index contributed by atoms with van der Waals surface area (Å²) in [4.78, 5) is 0. The van der Waals surface area contributed by atoms with E-state index in [9.17, 15) is 0 Å². The summed E-state index contributed by atoms with van der Waals surface area (Å²) in [7, 11) is 0. The lowest BCUT2D eigenvalue weighted by Gasteiger charge is -2.15. The first-order chi connectivity index (χ1) is 51.6. The van der Waals surface area contributed by atoms with Crippen molar-refractivity contribution in [2.75, 3.05) is 0 Å². The summed E-state index contributed by atoms with van der Waals surface area (Å²) in [6.45, 7) is 0. The Balaban J connectivity index is 0.699. The van der Waals surface area contributed by atoms with Crippen LogP contribution in [0, 0.1) is 0 Å². The molecule has 22 aromatic rings. The molecule has 104 heavy (non-hydrogen) atoms. The van der Waals surface area contributed by atoms with Crippen LogP contribution >= 0.6 is 0 Å². The van der Waals surface area contributed by atoms with Crippen LogP contribution in [0.1, 0.15) is 0 Å². The zero-order valence-corrected chi connectivity index (χ0v) is 56.3. The second-order valence-electron chi connectivity index (χ2n) is 28.6. The molecule has 0 N–H and O–H groups in total. The van der Waals surface area contributed by atoms with E-state index in [2.05, 4.69) is 370 Å². The van der Waals surface area contributed by atoms with Crippen molar-refractivity contribution >= 4 is 130 Å². The van der Waals surface area contributed by atoms with Crippen LogP contribution in [0.25, 0.3) is 231 Å². The van der Waals surface area contributed by atoms with E-state index < -0.39 is 0 Å². The van der Waals surface area contributed by atoms with Crippen LogP contribution in [0.4, 0.5) is 0 Å². The lowest BCUT2D eigenvalue weighted by Crippen LogP contribution is -1.96. The summed E-state index contributed by atoms with van der Waals surface area (Å²) in [5.41, 5.74) is 31.5. The molecule has 0 fully saturated rings. The molecule has 4 aromatic heterocycles. The van der Waals surface area contributed by atoms with Crippen molar-refractivity contribution in [1.29, 1.82) is 0 Å². The Labute approximate surface area is 597 Å². The zero-order valence-electron chi connectivity index (χ0n) is 56.3. The number of hydrogen-bond acceptors (Lipinski definition) is 0. The second kappa shape index (κ2) is 20.9. The predicted octanol–water partition coefficient (Wildman–Crippen LogP) is 27.0. The van der Waals surface area contributed by atoms with Crippen molar-refractivity contribution in [3.63, 3.8) is 0 Å². The van der Waals surface area contributed by atoms with E-state index in [4.69, 9.17) is 0 Å². The minimum absolute atomic E-state index is 1.12. The minimum atomic E-state index is 1.12. The van der Waals surface area contributed by atoms with Gasteiger partial charge < -0.3 is 18.3 Å². The molecule has 0 atom stereocenters. The van der Waals surface area contributed by atoms with Crippen LogP contribution in [0.3, 0.4) is 0 Å². The number of aromatic nitrogens is 4. The van der Waals surface area contributed by atoms with E-state index in [-0.39, 0.29) is 0 Å². The Kier molecular flexibility index (Phi) is 11.3. The van der Waals surface area contributed by atoms with E-state index in [1.165, 1.54) is 208 Å². The highest BCUT2D eigenvalue weighted by Gasteiger charge is 2.28. The predicted molar refractivity (Wildman–Crippen MR) is 439 cm³/mol. The smallest absolute Gasteiger partial charge is 0.0553 e. The molecule has 0 bridgehead atoms. The van der Waals surface area contributed by atoms with Crippen LogP contribution in [-0.2, 0) is 0 Å². The highest BCUT2D eigenvalue weighted by molar-refractivity contribution is 6.27. The van der Waals surface area contributed by atoms with Gasteiger partial charge in [0, 0.05) is 65.2 Å². The molecule has 0 unspecified atom stereocenters. The molecule has 2 aliphatic rings. The summed E-state index contributed by atoms with van der Waals surface area (Å²) in [5, 5.41) is 19.9. The molecule has 24 rings (SSSR count). The SMILES string of the molecule is c1ccc(-n2c3ccc(-c4ccc5c(c4)c4ccc(-c6cc7c(c8ccccc68)c6cc(-c8ccc9c(c8)c8ccccc8n9-c8ccc9c%10c(cccc8%10)-c8ccccc8-9)ccc6n7-c6ccccc6)cc4n5-c4ccc5c6c(cccc46)-c4ccccc4-5)cc3c3cc4ccccc4cc32)cc1. The molecule has 0 amide bonds. The molecule has 0 saturated heterocycles. The number of benzene rings is 18. The molecule has 4 heteroatoms. The van der Waals surface area contributed by atoms with Gasteiger partial charge in [-0.3, -0.25) is 0 Å². The van der Waals surface area contributed by atoms with Crippen LogP contribution in [0.2, 0.25) is 0 Å². The summed E-state index contributed by atoms with van der Waals surface area (Å²) in [6, 6.07) is 133. The number of fused-ring (bicyclic) bond motifs is 21. The number of para-hydroxylation sites is 3. The molecule has 478 valence electrons. The highest BCUT2D eigenvalue weighted by Crippen LogP contribution is 2.53. The molecular weight excluding hydrogens is 1260 g/mol. The van der Waals surface area contributed by atoms with Gasteiger partial charge in [-0.05, 0) is 225 Å². The van der Waals surface area contributed by atoms with Gasteiger partial charge in [-0.1, -0.05) is 237 Å². The molecule has 0 aliphatic heterocycles. The normalized spacial score (nSPS) is 12.4. The quantitative estimate of drug-likeness (QED) is 0.152. The van der Waals surface area contributed by atoms with Crippen LogP contribution in [0.15, 0.2) is 352 Å². The Morgan fingerprint density at radius 2 is 0.519 bits per heavy atom. The first-order valence-electron chi connectivity index (χ1n) is 36.1.